The first-order valence-corrected chi connectivity index (χ1v) is 5.14. The Hall–Kier alpha value is -1.70. The van der Waals surface area contributed by atoms with Crippen LogP contribution in [0.4, 0.5) is 0 Å². The molecule has 0 spiro atoms. The van der Waals surface area contributed by atoms with E-state index >= 15 is 0 Å². The number of hydrogen-bond donors (Lipinski definition) is 0. The minimum atomic E-state index is 0.927. The molecule has 15 heavy (non-hydrogen) atoms. The summed E-state index contributed by atoms with van der Waals surface area (Å²) >= 11 is 0. The van der Waals surface area contributed by atoms with Gasteiger partial charge in [0, 0.05) is 17.7 Å². The standard InChI is InChI=1S/C13H16N2/c1-12-5-3-8-15(9-12)11-13-6-4-7-14(2)10-13/h3-10H,11H2,1-2H3/q+2. The van der Waals surface area contributed by atoms with Crippen molar-refractivity contribution >= 4 is 0 Å². The number of aromatic nitrogens is 2. The quantitative estimate of drug-likeness (QED) is 0.643. The lowest BCUT2D eigenvalue weighted by Crippen LogP contribution is -2.35. The molecule has 0 aliphatic rings. The number of hydrogen-bond acceptors (Lipinski definition) is 0. The molecule has 0 aliphatic carbocycles. The van der Waals surface area contributed by atoms with Crippen molar-refractivity contribution in [2.24, 2.45) is 7.05 Å². The minimum absolute atomic E-state index is 0.927. The lowest BCUT2D eigenvalue weighted by Gasteiger charge is -1.97. The van der Waals surface area contributed by atoms with E-state index in [1.807, 2.05) is 13.2 Å². The topological polar surface area (TPSA) is 7.76 Å². The van der Waals surface area contributed by atoms with Gasteiger partial charge in [-0.3, -0.25) is 0 Å². The molecule has 0 atom stereocenters. The number of aryl methyl sites for hydroxylation is 2. The van der Waals surface area contributed by atoms with E-state index in [0.717, 1.165) is 6.54 Å². The summed E-state index contributed by atoms with van der Waals surface area (Å²) in [5.74, 6) is 0. The van der Waals surface area contributed by atoms with Crippen molar-refractivity contribution < 1.29 is 9.13 Å². The van der Waals surface area contributed by atoms with Crippen molar-refractivity contribution in [1.82, 2.24) is 0 Å². The van der Waals surface area contributed by atoms with Gasteiger partial charge in [0.15, 0.2) is 31.3 Å². The Balaban J connectivity index is 2.22. The third kappa shape index (κ3) is 2.62. The highest BCUT2D eigenvalue weighted by Gasteiger charge is 2.05. The summed E-state index contributed by atoms with van der Waals surface area (Å²) in [5, 5.41) is 0. The predicted molar refractivity (Wildman–Crippen MR) is 58.1 cm³/mol. The summed E-state index contributed by atoms with van der Waals surface area (Å²) in [5.41, 5.74) is 2.61. The molecule has 0 amide bonds. The van der Waals surface area contributed by atoms with Crippen LogP contribution in [0.2, 0.25) is 0 Å². The van der Waals surface area contributed by atoms with E-state index in [2.05, 4.69) is 58.9 Å². The highest BCUT2D eigenvalue weighted by molar-refractivity contribution is 5.05. The van der Waals surface area contributed by atoms with Crippen molar-refractivity contribution in [3.8, 4) is 0 Å². The summed E-state index contributed by atoms with van der Waals surface area (Å²) in [6.45, 7) is 3.04. The molecule has 2 aromatic heterocycles. The van der Waals surface area contributed by atoms with Crippen LogP contribution in [0.5, 0.6) is 0 Å². The Morgan fingerprint density at radius 1 is 1.07 bits per heavy atom. The highest BCUT2D eigenvalue weighted by Crippen LogP contribution is 1.95. The van der Waals surface area contributed by atoms with E-state index in [0.29, 0.717) is 0 Å². The average molecular weight is 200 g/mol. The van der Waals surface area contributed by atoms with E-state index in [1.54, 1.807) is 0 Å². The third-order valence-corrected chi connectivity index (χ3v) is 2.37. The number of nitrogens with zero attached hydrogens (tertiary/aromatic N) is 2. The second-order valence-electron chi connectivity index (χ2n) is 3.93. The van der Waals surface area contributed by atoms with Gasteiger partial charge >= 0.3 is 0 Å². The van der Waals surface area contributed by atoms with E-state index in [9.17, 15) is 0 Å². The Morgan fingerprint density at radius 2 is 1.87 bits per heavy atom. The van der Waals surface area contributed by atoms with Crippen molar-refractivity contribution in [3.63, 3.8) is 0 Å². The molecule has 0 unspecified atom stereocenters. The molecule has 2 rings (SSSR count). The van der Waals surface area contributed by atoms with Gasteiger partial charge in [0.05, 0.1) is 5.56 Å². The summed E-state index contributed by atoms with van der Waals surface area (Å²) in [6.07, 6.45) is 8.45. The zero-order valence-corrected chi connectivity index (χ0v) is 9.22. The lowest BCUT2D eigenvalue weighted by atomic mass is 10.2. The predicted octanol–water partition coefficient (Wildman–Crippen LogP) is 1.16. The van der Waals surface area contributed by atoms with Gasteiger partial charge in [-0.15, -0.1) is 0 Å². The van der Waals surface area contributed by atoms with Gasteiger partial charge in [-0.1, -0.05) is 0 Å². The minimum Gasteiger partial charge on any atom is -0.207 e. The molecular formula is C13H16N2+2. The number of pyridine rings is 2. The van der Waals surface area contributed by atoms with Gasteiger partial charge in [-0.05, 0) is 19.1 Å². The second-order valence-corrected chi connectivity index (χ2v) is 3.93. The van der Waals surface area contributed by atoms with Crippen LogP contribution in [0, 0.1) is 6.92 Å². The zero-order valence-electron chi connectivity index (χ0n) is 9.22. The summed E-state index contributed by atoms with van der Waals surface area (Å²) in [4.78, 5) is 0. The monoisotopic (exact) mass is 200 g/mol. The first-order valence-electron chi connectivity index (χ1n) is 5.14. The van der Waals surface area contributed by atoms with Gasteiger partial charge in [0.1, 0.15) is 7.05 Å². The molecule has 0 radical (unpaired) electrons. The van der Waals surface area contributed by atoms with Crippen LogP contribution in [-0.2, 0) is 13.6 Å². The van der Waals surface area contributed by atoms with Crippen LogP contribution in [-0.4, -0.2) is 0 Å². The maximum Gasteiger partial charge on any atom is 0.179 e. The highest BCUT2D eigenvalue weighted by atomic mass is 14.9. The molecule has 2 heterocycles. The fourth-order valence-corrected chi connectivity index (χ4v) is 1.71. The van der Waals surface area contributed by atoms with E-state index in [-0.39, 0.29) is 0 Å². The molecule has 0 bridgehead atoms. The van der Waals surface area contributed by atoms with E-state index in [4.69, 9.17) is 0 Å². The van der Waals surface area contributed by atoms with Gasteiger partial charge in [-0.2, -0.15) is 0 Å². The fraction of sp³-hybridized carbons (Fsp3) is 0.231. The first-order chi connectivity index (χ1) is 7.24. The molecule has 0 N–H and O–H groups in total. The summed E-state index contributed by atoms with van der Waals surface area (Å²) < 4.78 is 4.27. The third-order valence-electron chi connectivity index (χ3n) is 2.37. The van der Waals surface area contributed by atoms with E-state index < -0.39 is 0 Å². The summed E-state index contributed by atoms with van der Waals surface area (Å²) in [7, 11) is 2.05. The Morgan fingerprint density at radius 3 is 2.60 bits per heavy atom. The van der Waals surface area contributed by atoms with Crippen LogP contribution < -0.4 is 9.13 Å². The molecule has 0 saturated heterocycles. The van der Waals surface area contributed by atoms with Gasteiger partial charge < -0.3 is 0 Å². The van der Waals surface area contributed by atoms with Crippen molar-refractivity contribution in [1.29, 1.82) is 0 Å². The van der Waals surface area contributed by atoms with Crippen LogP contribution in [0.15, 0.2) is 49.1 Å². The molecule has 2 nitrogen and oxygen atoms in total. The van der Waals surface area contributed by atoms with Crippen LogP contribution in [0.25, 0.3) is 0 Å². The summed E-state index contributed by atoms with van der Waals surface area (Å²) in [6, 6.07) is 8.42. The maximum absolute atomic E-state index is 2.20. The Kier molecular flexibility index (Phi) is 2.77. The Bertz CT molecular complexity index is 420. The van der Waals surface area contributed by atoms with Crippen LogP contribution in [0.3, 0.4) is 0 Å². The maximum atomic E-state index is 2.20. The first kappa shape index (κ1) is 9.84. The average Bonchev–Trinajstić information content (AvgIpc) is 2.17. The largest absolute Gasteiger partial charge is 0.207 e. The van der Waals surface area contributed by atoms with Crippen LogP contribution in [0.1, 0.15) is 11.1 Å². The lowest BCUT2D eigenvalue weighted by molar-refractivity contribution is -0.695. The molecule has 2 heteroatoms. The smallest absolute Gasteiger partial charge is 0.179 e. The van der Waals surface area contributed by atoms with Gasteiger partial charge in [0.25, 0.3) is 0 Å². The molecule has 0 saturated carbocycles. The van der Waals surface area contributed by atoms with Crippen LogP contribution >= 0.6 is 0 Å². The second kappa shape index (κ2) is 4.22. The van der Waals surface area contributed by atoms with Gasteiger partial charge in [-0.25, -0.2) is 9.13 Å². The number of rotatable bonds is 2. The van der Waals surface area contributed by atoms with E-state index in [1.165, 1.54) is 11.1 Å². The molecule has 0 aromatic carbocycles. The normalized spacial score (nSPS) is 10.3. The molecule has 0 aliphatic heterocycles. The SMILES string of the molecule is Cc1ccc[n+](Cc2ccc[n+](C)c2)c1. The molecule has 76 valence electrons. The molecular weight excluding hydrogens is 184 g/mol. The van der Waals surface area contributed by atoms with Crippen molar-refractivity contribution in [2.75, 3.05) is 0 Å². The van der Waals surface area contributed by atoms with Crippen molar-refractivity contribution in [3.05, 3.63) is 60.2 Å². The molecule has 0 fully saturated rings. The van der Waals surface area contributed by atoms with Gasteiger partial charge in [0.2, 0.25) is 0 Å². The molecule has 2 aromatic rings. The van der Waals surface area contributed by atoms with Crippen molar-refractivity contribution in [2.45, 2.75) is 13.5 Å². The Labute approximate surface area is 90.4 Å². The zero-order chi connectivity index (χ0) is 10.7. The fourth-order valence-electron chi connectivity index (χ4n) is 1.71.